The maximum absolute atomic E-state index is 15.3. The fourth-order valence-corrected chi connectivity index (χ4v) is 5.44. The highest BCUT2D eigenvalue weighted by Crippen LogP contribution is 2.45. The van der Waals surface area contributed by atoms with Crippen molar-refractivity contribution in [1.29, 1.82) is 0 Å². The molecule has 0 spiro atoms. The van der Waals surface area contributed by atoms with E-state index in [9.17, 15) is 19.8 Å². The zero-order chi connectivity index (χ0) is 26.1. The number of epoxide rings is 1. The highest BCUT2D eigenvalue weighted by molar-refractivity contribution is 7.09. The Balaban J connectivity index is 1.85. The molecule has 0 saturated carbocycles. The monoisotopic (exact) mass is 511 g/mol. The van der Waals surface area contributed by atoms with Crippen molar-refractivity contribution in [2.75, 3.05) is 0 Å². The van der Waals surface area contributed by atoms with Crippen LogP contribution in [-0.2, 0) is 19.1 Å². The van der Waals surface area contributed by atoms with Gasteiger partial charge in [-0.15, -0.1) is 11.3 Å². The van der Waals surface area contributed by atoms with Gasteiger partial charge in [0.1, 0.15) is 11.6 Å². The summed E-state index contributed by atoms with van der Waals surface area (Å²) >= 11 is 1.39. The highest BCUT2D eigenvalue weighted by atomic mass is 32.1. The SMILES string of the molecule is Cc1nc(/C=C(\F)[C@@H]2CC3O[C@]3(C)CCC[C@H](C)[C@H](O)[C@@H](C)C(=O)C(C)(C)[C@@H](O)CC(=O)O2)cs1. The number of Topliss-reactive ketones (excluding diaryl/α,β-unsaturated/α-hetero) is 1. The Morgan fingerprint density at radius 2 is 1.94 bits per heavy atom. The van der Waals surface area contributed by atoms with Crippen molar-refractivity contribution < 1.29 is 33.7 Å². The molecule has 0 radical (unpaired) electrons. The van der Waals surface area contributed by atoms with Crippen LogP contribution in [0, 0.1) is 24.2 Å². The van der Waals surface area contributed by atoms with Crippen molar-refractivity contribution in [1.82, 2.24) is 4.98 Å². The Morgan fingerprint density at radius 1 is 1.26 bits per heavy atom. The molecule has 7 atom stereocenters. The van der Waals surface area contributed by atoms with Crippen LogP contribution in [-0.4, -0.2) is 57.0 Å². The quantitative estimate of drug-likeness (QED) is 0.448. The first-order valence-corrected chi connectivity index (χ1v) is 13.2. The number of hydrogen-bond donors (Lipinski definition) is 2. The minimum atomic E-state index is -1.35. The van der Waals surface area contributed by atoms with Gasteiger partial charge in [-0.3, -0.25) is 9.59 Å². The standard InChI is InChI=1S/C26H38FNO6S/c1-14-8-7-9-26(6)21(34-26)11-19(18(27)10-17-13-35-16(3)28-17)33-22(30)12-20(29)25(4,5)24(32)15(2)23(14)31/h10,13-15,19-21,23,29,31H,7-9,11-12H2,1-6H3/b18-10-/t14-,15+,19-,20-,21?,23-,26+/m0/s1. The van der Waals surface area contributed by atoms with E-state index >= 15 is 4.39 Å². The van der Waals surface area contributed by atoms with Crippen LogP contribution in [0.3, 0.4) is 0 Å². The molecule has 2 saturated heterocycles. The molecule has 3 heterocycles. The number of carbonyl (C=O) groups excluding carboxylic acids is 2. The van der Waals surface area contributed by atoms with Crippen molar-refractivity contribution in [3.63, 3.8) is 0 Å². The van der Waals surface area contributed by atoms with Crippen LogP contribution in [0.2, 0.25) is 0 Å². The molecule has 2 N–H and O–H groups in total. The summed E-state index contributed by atoms with van der Waals surface area (Å²) in [6.45, 7) is 10.4. The second-order valence-electron chi connectivity index (χ2n) is 10.9. The van der Waals surface area contributed by atoms with E-state index in [4.69, 9.17) is 9.47 Å². The van der Waals surface area contributed by atoms with E-state index in [2.05, 4.69) is 4.98 Å². The molecule has 1 aromatic heterocycles. The van der Waals surface area contributed by atoms with Gasteiger partial charge in [0.15, 0.2) is 6.10 Å². The zero-order valence-electron chi connectivity index (χ0n) is 21.4. The van der Waals surface area contributed by atoms with Gasteiger partial charge < -0.3 is 19.7 Å². The second-order valence-corrected chi connectivity index (χ2v) is 12.0. The summed E-state index contributed by atoms with van der Waals surface area (Å²) in [5.74, 6) is -2.62. The molecule has 2 aliphatic heterocycles. The third kappa shape index (κ3) is 6.56. The van der Waals surface area contributed by atoms with Gasteiger partial charge in [-0.1, -0.05) is 34.1 Å². The van der Waals surface area contributed by atoms with Gasteiger partial charge in [-0.05, 0) is 38.7 Å². The molecule has 0 aromatic carbocycles. The summed E-state index contributed by atoms with van der Waals surface area (Å²) in [7, 11) is 0. The fourth-order valence-electron chi connectivity index (χ4n) is 4.86. The maximum Gasteiger partial charge on any atom is 0.309 e. The Hall–Kier alpha value is -1.68. The first kappa shape index (κ1) is 27.9. The van der Waals surface area contributed by atoms with Crippen molar-refractivity contribution in [3.8, 4) is 0 Å². The molecule has 2 fully saturated rings. The van der Waals surface area contributed by atoms with Crippen LogP contribution < -0.4 is 0 Å². The lowest BCUT2D eigenvalue weighted by Gasteiger charge is -2.34. The van der Waals surface area contributed by atoms with Gasteiger partial charge in [0, 0.05) is 17.7 Å². The van der Waals surface area contributed by atoms with Gasteiger partial charge >= 0.3 is 5.97 Å². The third-order valence-corrected chi connectivity index (χ3v) is 8.43. The number of rotatable bonds is 2. The number of halogens is 1. The molecule has 1 unspecified atom stereocenters. The summed E-state index contributed by atoms with van der Waals surface area (Å²) in [5.41, 5.74) is -1.32. The maximum atomic E-state index is 15.3. The number of nitrogens with zero attached hydrogens (tertiary/aromatic N) is 1. The van der Waals surface area contributed by atoms with Crippen LogP contribution in [0.15, 0.2) is 11.2 Å². The molecule has 1 aromatic rings. The molecule has 2 aliphatic rings. The van der Waals surface area contributed by atoms with E-state index < -0.39 is 53.5 Å². The fraction of sp³-hybridized carbons (Fsp3) is 0.731. The van der Waals surface area contributed by atoms with E-state index in [1.54, 1.807) is 26.2 Å². The first-order chi connectivity index (χ1) is 16.2. The van der Waals surface area contributed by atoms with Crippen LogP contribution in [0.4, 0.5) is 4.39 Å². The van der Waals surface area contributed by atoms with Gasteiger partial charge in [0.2, 0.25) is 0 Å². The lowest BCUT2D eigenvalue weighted by atomic mass is 9.73. The number of cyclic esters (lactones) is 1. The minimum Gasteiger partial charge on any atom is -0.455 e. The van der Waals surface area contributed by atoms with Crippen molar-refractivity contribution in [2.45, 2.75) is 104 Å². The molecule has 9 heteroatoms. The van der Waals surface area contributed by atoms with E-state index in [0.717, 1.165) is 11.4 Å². The Kier molecular flexibility index (Phi) is 8.57. The number of esters is 1. The van der Waals surface area contributed by atoms with Gasteiger partial charge in [-0.2, -0.15) is 0 Å². The summed E-state index contributed by atoms with van der Waals surface area (Å²) in [4.78, 5) is 30.2. The summed E-state index contributed by atoms with van der Waals surface area (Å²) < 4.78 is 26.7. The molecular formula is C26H38FNO6S. The topological polar surface area (TPSA) is 109 Å². The van der Waals surface area contributed by atoms with Crippen LogP contribution >= 0.6 is 11.3 Å². The number of carbonyl (C=O) groups is 2. The molecule has 0 bridgehead atoms. The van der Waals surface area contributed by atoms with Crippen LogP contribution in [0.5, 0.6) is 0 Å². The third-order valence-electron chi connectivity index (χ3n) is 7.64. The van der Waals surface area contributed by atoms with E-state index in [1.807, 2.05) is 20.8 Å². The Morgan fingerprint density at radius 3 is 2.57 bits per heavy atom. The number of ketones is 1. The summed E-state index contributed by atoms with van der Waals surface area (Å²) in [6, 6.07) is 0. The normalized spacial score (nSPS) is 37.5. The lowest BCUT2D eigenvalue weighted by molar-refractivity contribution is -0.155. The predicted molar refractivity (Wildman–Crippen MR) is 131 cm³/mol. The predicted octanol–water partition coefficient (Wildman–Crippen LogP) is 4.38. The smallest absolute Gasteiger partial charge is 0.309 e. The second kappa shape index (κ2) is 10.7. The summed E-state index contributed by atoms with van der Waals surface area (Å²) in [5, 5.41) is 24.1. The van der Waals surface area contributed by atoms with Crippen molar-refractivity contribution in [2.24, 2.45) is 17.3 Å². The highest BCUT2D eigenvalue weighted by Gasteiger charge is 2.53. The van der Waals surface area contributed by atoms with Gasteiger partial charge in [0.25, 0.3) is 0 Å². The molecule has 35 heavy (non-hydrogen) atoms. The Labute approximate surface area is 210 Å². The van der Waals surface area contributed by atoms with E-state index in [0.29, 0.717) is 18.5 Å². The first-order valence-electron chi connectivity index (χ1n) is 12.3. The number of hydrogen-bond acceptors (Lipinski definition) is 8. The molecule has 0 aliphatic carbocycles. The molecule has 3 rings (SSSR count). The van der Waals surface area contributed by atoms with E-state index in [1.165, 1.54) is 17.4 Å². The van der Waals surface area contributed by atoms with E-state index in [-0.39, 0.29) is 24.2 Å². The lowest BCUT2D eigenvalue weighted by Crippen LogP contribution is -2.45. The van der Waals surface area contributed by atoms with Crippen LogP contribution in [0.1, 0.15) is 77.4 Å². The zero-order valence-corrected chi connectivity index (χ0v) is 22.2. The van der Waals surface area contributed by atoms with Gasteiger partial charge in [0.05, 0.1) is 46.5 Å². The van der Waals surface area contributed by atoms with Gasteiger partial charge in [-0.25, -0.2) is 9.37 Å². The molecular weight excluding hydrogens is 473 g/mol. The van der Waals surface area contributed by atoms with Crippen LogP contribution in [0.25, 0.3) is 6.08 Å². The molecule has 7 nitrogen and oxygen atoms in total. The minimum absolute atomic E-state index is 0.129. The van der Waals surface area contributed by atoms with Crippen molar-refractivity contribution in [3.05, 3.63) is 21.9 Å². The molecule has 0 amide bonds. The van der Waals surface area contributed by atoms with Crippen molar-refractivity contribution >= 4 is 29.2 Å². The largest absolute Gasteiger partial charge is 0.455 e. The Bertz CT molecular complexity index is 961. The average molecular weight is 512 g/mol. The average Bonchev–Trinajstić information content (AvgIpc) is 3.22. The number of aliphatic hydroxyl groups excluding tert-OH is 2. The number of aromatic nitrogens is 1. The number of thiazole rings is 1. The summed E-state index contributed by atoms with van der Waals surface area (Å²) in [6.07, 6.45) is -0.593. The number of fused-ring (bicyclic) bond motifs is 1. The molecule has 196 valence electrons. The number of aliphatic hydroxyl groups is 2. The number of aryl methyl sites for hydroxylation is 1. The number of ether oxygens (including phenoxy) is 2.